The number of sulfonamides is 1. The fraction of sp³-hybridized carbons (Fsp3) is 0.190. The van der Waals surface area contributed by atoms with Crippen LogP contribution in [0.3, 0.4) is 0 Å². The van der Waals surface area contributed by atoms with Crippen molar-refractivity contribution in [1.82, 2.24) is 4.98 Å². The van der Waals surface area contributed by atoms with Gasteiger partial charge in [-0.3, -0.25) is 9.29 Å². The maximum absolute atomic E-state index is 13.3. The number of anilines is 1. The summed E-state index contributed by atoms with van der Waals surface area (Å²) in [6.07, 6.45) is 4.19. The van der Waals surface area contributed by atoms with E-state index in [0.29, 0.717) is 25.3 Å². The normalized spacial score (nSPS) is 13.4. The Balaban J connectivity index is 1.72. The van der Waals surface area contributed by atoms with Crippen LogP contribution in [0.15, 0.2) is 71.9 Å². The summed E-state index contributed by atoms with van der Waals surface area (Å²) in [5.41, 5.74) is 3.89. The van der Waals surface area contributed by atoms with Gasteiger partial charge in [-0.15, -0.1) is 0 Å². The van der Waals surface area contributed by atoms with Crippen LogP contribution >= 0.6 is 0 Å². The zero-order valence-corrected chi connectivity index (χ0v) is 15.8. The van der Waals surface area contributed by atoms with Gasteiger partial charge >= 0.3 is 0 Å². The summed E-state index contributed by atoms with van der Waals surface area (Å²) in [6, 6.07) is 16.6. The number of para-hydroxylation sites is 1. The van der Waals surface area contributed by atoms with E-state index in [4.69, 9.17) is 4.74 Å². The SMILES string of the molecule is CCOc1ccccc1S(=O)(=O)N1CCc2cc(-c3ccncc3)ccc21. The van der Waals surface area contributed by atoms with Crippen molar-refractivity contribution in [2.45, 2.75) is 18.2 Å². The summed E-state index contributed by atoms with van der Waals surface area (Å²) < 4.78 is 33.6. The fourth-order valence-corrected chi connectivity index (χ4v) is 5.04. The van der Waals surface area contributed by atoms with Crippen molar-refractivity contribution >= 4 is 15.7 Å². The van der Waals surface area contributed by atoms with E-state index in [2.05, 4.69) is 11.1 Å². The molecule has 0 fully saturated rings. The maximum Gasteiger partial charge on any atom is 0.268 e. The van der Waals surface area contributed by atoms with Crippen molar-refractivity contribution in [1.29, 1.82) is 0 Å². The first-order chi connectivity index (χ1) is 13.1. The fourth-order valence-electron chi connectivity index (χ4n) is 3.40. The second kappa shape index (κ2) is 7.04. The molecular weight excluding hydrogens is 360 g/mol. The Kier molecular flexibility index (Phi) is 4.58. The van der Waals surface area contributed by atoms with Crippen LogP contribution in [0.25, 0.3) is 11.1 Å². The quantitative estimate of drug-likeness (QED) is 0.674. The van der Waals surface area contributed by atoms with Crippen molar-refractivity contribution in [3.8, 4) is 16.9 Å². The molecule has 6 heteroatoms. The van der Waals surface area contributed by atoms with Crippen molar-refractivity contribution in [2.24, 2.45) is 0 Å². The van der Waals surface area contributed by atoms with E-state index in [-0.39, 0.29) is 4.90 Å². The highest BCUT2D eigenvalue weighted by molar-refractivity contribution is 7.93. The molecule has 5 nitrogen and oxygen atoms in total. The molecule has 27 heavy (non-hydrogen) atoms. The lowest BCUT2D eigenvalue weighted by molar-refractivity contribution is 0.331. The number of ether oxygens (including phenoxy) is 1. The number of aromatic nitrogens is 1. The number of benzene rings is 2. The molecule has 1 aliphatic heterocycles. The Bertz CT molecular complexity index is 1070. The summed E-state index contributed by atoms with van der Waals surface area (Å²) in [5.74, 6) is 0.391. The van der Waals surface area contributed by atoms with Crippen LogP contribution in [-0.4, -0.2) is 26.6 Å². The van der Waals surface area contributed by atoms with E-state index in [1.165, 1.54) is 4.31 Å². The second-order valence-corrected chi connectivity index (χ2v) is 8.12. The van der Waals surface area contributed by atoms with Crippen molar-refractivity contribution in [3.63, 3.8) is 0 Å². The highest BCUT2D eigenvalue weighted by Gasteiger charge is 2.33. The number of hydrogen-bond donors (Lipinski definition) is 0. The monoisotopic (exact) mass is 380 g/mol. The number of nitrogens with zero attached hydrogens (tertiary/aromatic N) is 2. The highest BCUT2D eigenvalue weighted by Crippen LogP contribution is 2.37. The van der Waals surface area contributed by atoms with Crippen LogP contribution in [0.1, 0.15) is 12.5 Å². The molecule has 0 atom stereocenters. The van der Waals surface area contributed by atoms with Gasteiger partial charge in [-0.05, 0) is 66.4 Å². The highest BCUT2D eigenvalue weighted by atomic mass is 32.2. The summed E-state index contributed by atoms with van der Waals surface area (Å²) in [5, 5.41) is 0. The third-order valence-electron chi connectivity index (χ3n) is 4.66. The molecule has 0 spiro atoms. The smallest absolute Gasteiger partial charge is 0.268 e. The van der Waals surface area contributed by atoms with E-state index in [0.717, 1.165) is 22.4 Å². The Labute approximate surface area is 159 Å². The van der Waals surface area contributed by atoms with E-state index in [9.17, 15) is 8.42 Å². The van der Waals surface area contributed by atoms with Crippen LogP contribution in [0.4, 0.5) is 5.69 Å². The first-order valence-electron chi connectivity index (χ1n) is 8.89. The topological polar surface area (TPSA) is 59.5 Å². The molecule has 0 amide bonds. The molecule has 0 saturated heterocycles. The third-order valence-corrected chi connectivity index (χ3v) is 6.52. The molecule has 2 heterocycles. The van der Waals surface area contributed by atoms with Gasteiger partial charge in [-0.1, -0.05) is 18.2 Å². The molecule has 0 saturated carbocycles. The molecule has 0 radical (unpaired) electrons. The number of hydrogen-bond acceptors (Lipinski definition) is 4. The van der Waals surface area contributed by atoms with Gasteiger partial charge < -0.3 is 4.74 Å². The van der Waals surface area contributed by atoms with Crippen LogP contribution < -0.4 is 9.04 Å². The third kappa shape index (κ3) is 3.17. The molecule has 4 rings (SSSR count). The van der Waals surface area contributed by atoms with Crippen LogP contribution in [0, 0.1) is 0 Å². The van der Waals surface area contributed by atoms with Gasteiger partial charge in [-0.2, -0.15) is 0 Å². The zero-order chi connectivity index (χ0) is 18.9. The van der Waals surface area contributed by atoms with Gasteiger partial charge in [-0.25, -0.2) is 8.42 Å². The summed E-state index contributed by atoms with van der Waals surface area (Å²) in [6.45, 7) is 2.69. The molecule has 0 bridgehead atoms. The maximum atomic E-state index is 13.3. The Morgan fingerprint density at radius 3 is 2.59 bits per heavy atom. The van der Waals surface area contributed by atoms with E-state index < -0.39 is 10.0 Å². The predicted molar refractivity (Wildman–Crippen MR) is 106 cm³/mol. The van der Waals surface area contributed by atoms with Crippen LogP contribution in [0.5, 0.6) is 5.75 Å². The van der Waals surface area contributed by atoms with Crippen molar-refractivity contribution in [3.05, 3.63) is 72.6 Å². The van der Waals surface area contributed by atoms with Crippen LogP contribution in [0.2, 0.25) is 0 Å². The summed E-state index contributed by atoms with van der Waals surface area (Å²) >= 11 is 0. The van der Waals surface area contributed by atoms with E-state index >= 15 is 0 Å². The first kappa shape index (κ1) is 17.5. The molecule has 138 valence electrons. The molecule has 2 aromatic carbocycles. The molecule has 0 aliphatic carbocycles. The minimum Gasteiger partial charge on any atom is -0.492 e. The Hall–Kier alpha value is -2.86. The predicted octanol–water partition coefficient (Wildman–Crippen LogP) is 3.90. The summed E-state index contributed by atoms with van der Waals surface area (Å²) in [4.78, 5) is 4.25. The average molecular weight is 380 g/mol. The van der Waals surface area contributed by atoms with Gasteiger partial charge in [0, 0.05) is 18.9 Å². The Morgan fingerprint density at radius 1 is 1.04 bits per heavy atom. The molecule has 3 aromatic rings. The van der Waals surface area contributed by atoms with Crippen LogP contribution in [-0.2, 0) is 16.4 Å². The number of pyridine rings is 1. The van der Waals surface area contributed by atoms with Gasteiger partial charge in [0.05, 0.1) is 12.3 Å². The van der Waals surface area contributed by atoms with Gasteiger partial charge in [0.15, 0.2) is 0 Å². The average Bonchev–Trinajstić information content (AvgIpc) is 3.13. The van der Waals surface area contributed by atoms with Crippen molar-refractivity contribution in [2.75, 3.05) is 17.5 Å². The van der Waals surface area contributed by atoms with Gasteiger partial charge in [0.2, 0.25) is 0 Å². The van der Waals surface area contributed by atoms with Gasteiger partial charge in [0.25, 0.3) is 10.0 Å². The number of fused-ring (bicyclic) bond motifs is 1. The van der Waals surface area contributed by atoms with Crippen molar-refractivity contribution < 1.29 is 13.2 Å². The lowest BCUT2D eigenvalue weighted by Gasteiger charge is -2.21. The largest absolute Gasteiger partial charge is 0.492 e. The zero-order valence-electron chi connectivity index (χ0n) is 15.0. The standard InChI is InChI=1S/C21H20N2O3S/c1-2-26-20-5-3-4-6-21(20)27(24,25)23-14-11-18-15-17(7-8-19(18)23)16-9-12-22-13-10-16/h3-10,12-13,15H,2,11,14H2,1H3. The lowest BCUT2D eigenvalue weighted by Crippen LogP contribution is -2.29. The number of rotatable bonds is 5. The lowest BCUT2D eigenvalue weighted by atomic mass is 10.0. The molecule has 0 unspecified atom stereocenters. The minimum atomic E-state index is -3.68. The van der Waals surface area contributed by atoms with Gasteiger partial charge in [0.1, 0.15) is 10.6 Å². The first-order valence-corrected chi connectivity index (χ1v) is 10.3. The summed E-state index contributed by atoms with van der Waals surface area (Å²) in [7, 11) is -3.68. The van der Waals surface area contributed by atoms with E-state index in [1.54, 1.807) is 36.7 Å². The Morgan fingerprint density at radius 2 is 1.81 bits per heavy atom. The molecule has 1 aliphatic rings. The minimum absolute atomic E-state index is 0.206. The molecule has 0 N–H and O–H groups in total. The molecular formula is C21H20N2O3S. The van der Waals surface area contributed by atoms with E-state index in [1.807, 2.05) is 31.2 Å². The molecule has 1 aromatic heterocycles. The second-order valence-electron chi connectivity index (χ2n) is 6.29.